The maximum Gasteiger partial charge on any atom is 0.221 e. The largest absolute Gasteiger partial charge is 0.506 e. The van der Waals surface area contributed by atoms with Crippen molar-refractivity contribution in [1.29, 1.82) is 0 Å². The summed E-state index contributed by atoms with van der Waals surface area (Å²) in [6.45, 7) is 0.592. The first-order valence-electron chi connectivity index (χ1n) is 6.13. The van der Waals surface area contributed by atoms with Crippen LogP contribution in [0.5, 0.6) is 5.75 Å². The van der Waals surface area contributed by atoms with Crippen molar-refractivity contribution in [2.45, 2.75) is 13.0 Å². The Bertz CT molecular complexity index is 612. The Kier molecular flexibility index (Phi) is 4.48. The fourth-order valence-corrected chi connectivity index (χ4v) is 2.01. The highest BCUT2D eigenvalue weighted by Gasteiger charge is 2.01. The number of nitrogens with one attached hydrogen (secondary N) is 1. The average Bonchev–Trinajstić information content (AvgIpc) is 2.41. The first kappa shape index (κ1) is 14.2. The molecule has 0 aliphatic heterocycles. The van der Waals surface area contributed by atoms with Gasteiger partial charge in [0, 0.05) is 12.2 Å². The maximum absolute atomic E-state index is 10.8. The van der Waals surface area contributed by atoms with Crippen LogP contribution in [-0.2, 0) is 17.8 Å². The van der Waals surface area contributed by atoms with E-state index in [-0.39, 0.29) is 18.1 Å². The van der Waals surface area contributed by atoms with E-state index in [1.54, 1.807) is 18.2 Å². The number of halogens is 1. The van der Waals surface area contributed by atoms with E-state index in [2.05, 4.69) is 5.32 Å². The molecule has 0 spiro atoms. The van der Waals surface area contributed by atoms with Gasteiger partial charge < -0.3 is 16.2 Å². The molecule has 2 aromatic carbocycles. The van der Waals surface area contributed by atoms with Crippen LogP contribution in [0.2, 0.25) is 5.02 Å². The lowest BCUT2D eigenvalue weighted by molar-refractivity contribution is -0.117. The Morgan fingerprint density at radius 1 is 1.15 bits per heavy atom. The first-order chi connectivity index (χ1) is 9.54. The minimum Gasteiger partial charge on any atom is -0.506 e. The molecule has 0 aliphatic carbocycles. The minimum atomic E-state index is -0.343. The van der Waals surface area contributed by atoms with Crippen LogP contribution in [0.15, 0.2) is 42.5 Å². The summed E-state index contributed by atoms with van der Waals surface area (Å²) in [4.78, 5) is 10.8. The summed E-state index contributed by atoms with van der Waals surface area (Å²) in [7, 11) is 0. The van der Waals surface area contributed by atoms with E-state index in [0.717, 1.165) is 16.8 Å². The number of nitrogens with two attached hydrogens (primary N) is 1. The number of carbonyl (C=O) groups excluding carboxylic acids is 1. The molecule has 0 aliphatic rings. The normalized spacial score (nSPS) is 10.2. The van der Waals surface area contributed by atoms with Gasteiger partial charge in [-0.15, -0.1) is 0 Å². The Hall–Kier alpha value is -2.20. The third-order valence-electron chi connectivity index (χ3n) is 2.84. The molecule has 0 radical (unpaired) electrons. The fraction of sp³-hybridized carbons (Fsp3) is 0.133. The fourth-order valence-electron chi connectivity index (χ4n) is 1.81. The maximum atomic E-state index is 10.8. The van der Waals surface area contributed by atoms with Crippen molar-refractivity contribution in [3.05, 3.63) is 58.6 Å². The molecular weight excluding hydrogens is 276 g/mol. The summed E-state index contributed by atoms with van der Waals surface area (Å²) in [6, 6.07) is 12.6. The predicted octanol–water partition coefficient (Wildman–Crippen LogP) is 2.69. The molecule has 0 saturated heterocycles. The summed E-state index contributed by atoms with van der Waals surface area (Å²) in [5.74, 6) is -0.268. The van der Waals surface area contributed by atoms with Gasteiger partial charge in [0.15, 0.2) is 0 Å². The molecule has 104 valence electrons. The second-order valence-corrected chi connectivity index (χ2v) is 4.89. The van der Waals surface area contributed by atoms with Gasteiger partial charge in [0.05, 0.1) is 11.4 Å². The third-order valence-corrected chi connectivity index (χ3v) is 3.14. The van der Waals surface area contributed by atoms with Gasteiger partial charge in [-0.25, -0.2) is 0 Å². The Morgan fingerprint density at radius 3 is 2.40 bits per heavy atom. The molecule has 0 heterocycles. The van der Waals surface area contributed by atoms with Crippen LogP contribution in [0.25, 0.3) is 0 Å². The summed E-state index contributed by atoms with van der Waals surface area (Å²) < 4.78 is 0. The Labute approximate surface area is 122 Å². The van der Waals surface area contributed by atoms with Gasteiger partial charge in [0.1, 0.15) is 5.75 Å². The highest BCUT2D eigenvalue weighted by atomic mass is 35.5. The summed E-state index contributed by atoms with van der Waals surface area (Å²) in [5.41, 5.74) is 7.92. The molecule has 2 rings (SSSR count). The second kappa shape index (κ2) is 6.30. The molecule has 4 nitrogen and oxygen atoms in total. The minimum absolute atomic E-state index is 0.0752. The van der Waals surface area contributed by atoms with E-state index < -0.39 is 0 Å². The van der Waals surface area contributed by atoms with Crippen LogP contribution in [0.1, 0.15) is 11.1 Å². The van der Waals surface area contributed by atoms with Crippen molar-refractivity contribution in [2.24, 2.45) is 5.73 Å². The molecule has 0 saturated carbocycles. The van der Waals surface area contributed by atoms with Crippen molar-refractivity contribution >= 4 is 23.2 Å². The van der Waals surface area contributed by atoms with Gasteiger partial charge in [-0.2, -0.15) is 0 Å². The highest BCUT2D eigenvalue weighted by Crippen LogP contribution is 2.24. The topological polar surface area (TPSA) is 75.4 Å². The van der Waals surface area contributed by atoms with E-state index in [1.807, 2.05) is 24.3 Å². The zero-order valence-electron chi connectivity index (χ0n) is 10.8. The number of hydrogen-bond acceptors (Lipinski definition) is 3. The Balaban J connectivity index is 1.96. The molecule has 4 N–H and O–H groups in total. The molecule has 0 atom stereocenters. The van der Waals surface area contributed by atoms with E-state index in [4.69, 9.17) is 17.3 Å². The number of rotatable bonds is 5. The second-order valence-electron chi connectivity index (χ2n) is 4.48. The summed E-state index contributed by atoms with van der Waals surface area (Å²) in [6.07, 6.45) is 0.244. The number of phenols is 1. The molecule has 20 heavy (non-hydrogen) atoms. The van der Waals surface area contributed by atoms with Crippen molar-refractivity contribution < 1.29 is 9.90 Å². The zero-order chi connectivity index (χ0) is 14.5. The SMILES string of the molecule is NC(=O)Cc1ccc(NCc2ccc(O)c(Cl)c2)cc1. The molecule has 0 bridgehead atoms. The van der Waals surface area contributed by atoms with Gasteiger partial charge in [0.25, 0.3) is 0 Å². The molecular formula is C15H15ClN2O2. The van der Waals surface area contributed by atoms with Crippen LogP contribution in [0.3, 0.4) is 0 Å². The predicted molar refractivity (Wildman–Crippen MR) is 79.8 cm³/mol. The quantitative estimate of drug-likeness (QED) is 0.792. The number of aromatic hydroxyl groups is 1. The number of benzene rings is 2. The molecule has 0 aromatic heterocycles. The van der Waals surface area contributed by atoms with E-state index in [1.165, 1.54) is 0 Å². The van der Waals surface area contributed by atoms with Crippen molar-refractivity contribution in [3.8, 4) is 5.75 Å². The number of carbonyl (C=O) groups is 1. The van der Waals surface area contributed by atoms with Crippen LogP contribution in [0.4, 0.5) is 5.69 Å². The lowest BCUT2D eigenvalue weighted by Gasteiger charge is -2.08. The summed E-state index contributed by atoms with van der Waals surface area (Å²) in [5, 5.41) is 12.9. The van der Waals surface area contributed by atoms with Crippen LogP contribution in [0, 0.1) is 0 Å². The van der Waals surface area contributed by atoms with Crippen LogP contribution >= 0.6 is 11.6 Å². The lowest BCUT2D eigenvalue weighted by Crippen LogP contribution is -2.13. The van der Waals surface area contributed by atoms with E-state index >= 15 is 0 Å². The van der Waals surface area contributed by atoms with Crippen LogP contribution < -0.4 is 11.1 Å². The van der Waals surface area contributed by atoms with Gasteiger partial charge >= 0.3 is 0 Å². The number of primary amides is 1. The summed E-state index contributed by atoms with van der Waals surface area (Å²) >= 11 is 5.84. The molecule has 5 heteroatoms. The number of hydrogen-bond donors (Lipinski definition) is 3. The smallest absolute Gasteiger partial charge is 0.221 e. The third kappa shape index (κ3) is 3.90. The molecule has 2 aromatic rings. The monoisotopic (exact) mass is 290 g/mol. The van der Waals surface area contributed by atoms with Gasteiger partial charge in [0.2, 0.25) is 5.91 Å². The van der Waals surface area contributed by atoms with Gasteiger partial charge in [-0.3, -0.25) is 4.79 Å². The number of anilines is 1. The first-order valence-corrected chi connectivity index (χ1v) is 6.51. The van der Waals surface area contributed by atoms with E-state index in [0.29, 0.717) is 11.6 Å². The molecule has 1 amide bonds. The number of amides is 1. The average molecular weight is 291 g/mol. The van der Waals surface area contributed by atoms with Crippen LogP contribution in [-0.4, -0.2) is 11.0 Å². The van der Waals surface area contributed by atoms with Crippen molar-refractivity contribution in [3.63, 3.8) is 0 Å². The molecule has 0 unspecified atom stereocenters. The standard InChI is InChI=1S/C15H15ClN2O2/c16-13-7-11(3-6-14(13)19)9-18-12-4-1-10(2-5-12)8-15(17)20/h1-7,18-19H,8-9H2,(H2,17,20). The van der Waals surface area contributed by atoms with Gasteiger partial charge in [-0.05, 0) is 35.4 Å². The zero-order valence-corrected chi connectivity index (χ0v) is 11.5. The molecule has 0 fully saturated rings. The van der Waals surface area contributed by atoms with Crippen molar-refractivity contribution in [1.82, 2.24) is 0 Å². The van der Waals surface area contributed by atoms with Gasteiger partial charge in [-0.1, -0.05) is 29.8 Å². The number of phenolic OH excluding ortho intramolecular Hbond substituents is 1. The van der Waals surface area contributed by atoms with Crippen molar-refractivity contribution in [2.75, 3.05) is 5.32 Å². The Morgan fingerprint density at radius 2 is 1.80 bits per heavy atom. The lowest BCUT2D eigenvalue weighted by atomic mass is 10.1. The van der Waals surface area contributed by atoms with E-state index in [9.17, 15) is 9.90 Å². The highest BCUT2D eigenvalue weighted by molar-refractivity contribution is 6.32.